The number of aryl methyl sites for hydroxylation is 2. The summed E-state index contributed by atoms with van der Waals surface area (Å²) >= 11 is 1.24. The summed E-state index contributed by atoms with van der Waals surface area (Å²) in [5.41, 5.74) is 4.29. The van der Waals surface area contributed by atoms with E-state index in [9.17, 15) is 14.9 Å². The molecule has 0 saturated heterocycles. The second-order valence-corrected chi connectivity index (χ2v) is 8.74. The van der Waals surface area contributed by atoms with Gasteiger partial charge in [0, 0.05) is 12.5 Å². The van der Waals surface area contributed by atoms with Gasteiger partial charge >= 0.3 is 0 Å². The Morgan fingerprint density at radius 2 is 1.76 bits per heavy atom. The van der Waals surface area contributed by atoms with E-state index in [2.05, 4.69) is 21.6 Å². The minimum absolute atomic E-state index is 0.0282. The second kappa shape index (κ2) is 10.3. The predicted molar refractivity (Wildman–Crippen MR) is 133 cm³/mol. The maximum Gasteiger partial charge on any atom is 0.292 e. The molecule has 0 bridgehead atoms. The van der Waals surface area contributed by atoms with Gasteiger partial charge in [-0.25, -0.2) is 0 Å². The molecule has 0 fully saturated rings. The van der Waals surface area contributed by atoms with Gasteiger partial charge < -0.3 is 5.32 Å². The van der Waals surface area contributed by atoms with E-state index in [-0.39, 0.29) is 23.0 Å². The van der Waals surface area contributed by atoms with Crippen LogP contribution in [0.1, 0.15) is 22.5 Å². The van der Waals surface area contributed by atoms with Crippen LogP contribution < -0.4 is 5.32 Å². The van der Waals surface area contributed by atoms with E-state index in [1.165, 1.54) is 23.9 Å². The fraction of sp³-hybridized carbons (Fsp3) is 0.160. The van der Waals surface area contributed by atoms with E-state index in [0.717, 1.165) is 28.2 Å². The van der Waals surface area contributed by atoms with Crippen LogP contribution in [0, 0.1) is 24.0 Å². The molecular formula is C25H23N5O3S. The molecule has 3 aromatic carbocycles. The number of carbonyl (C=O) groups excluding carboxylic acids is 1. The average Bonchev–Trinajstić information content (AvgIpc) is 3.20. The summed E-state index contributed by atoms with van der Waals surface area (Å²) in [6, 6.07) is 22.2. The van der Waals surface area contributed by atoms with Crippen molar-refractivity contribution in [2.24, 2.45) is 0 Å². The Balaban J connectivity index is 1.59. The molecule has 34 heavy (non-hydrogen) atoms. The van der Waals surface area contributed by atoms with Gasteiger partial charge in [0.15, 0.2) is 5.16 Å². The molecule has 8 nitrogen and oxygen atoms in total. The minimum Gasteiger partial charge on any atom is -0.320 e. The number of nitrogens with zero attached hydrogens (tertiary/aromatic N) is 4. The fourth-order valence-electron chi connectivity index (χ4n) is 3.64. The molecule has 0 spiro atoms. The summed E-state index contributed by atoms with van der Waals surface area (Å²) in [5.74, 6) is 0.430. The highest BCUT2D eigenvalue weighted by Gasteiger charge is 2.19. The second-order valence-electron chi connectivity index (χ2n) is 7.80. The largest absolute Gasteiger partial charge is 0.320 e. The van der Waals surface area contributed by atoms with Crippen molar-refractivity contribution in [3.63, 3.8) is 0 Å². The number of para-hydroxylation sites is 2. The number of nitro benzene ring substituents is 1. The topological polar surface area (TPSA) is 103 Å². The summed E-state index contributed by atoms with van der Waals surface area (Å²) in [6.07, 6.45) is 0.587. The number of carbonyl (C=O) groups is 1. The quantitative estimate of drug-likeness (QED) is 0.217. The molecular weight excluding hydrogens is 450 g/mol. The maximum absolute atomic E-state index is 12.6. The molecule has 0 aliphatic rings. The zero-order chi connectivity index (χ0) is 24.1. The highest BCUT2D eigenvalue weighted by molar-refractivity contribution is 7.99. The van der Waals surface area contributed by atoms with Crippen molar-refractivity contribution in [3.8, 4) is 5.69 Å². The van der Waals surface area contributed by atoms with Crippen molar-refractivity contribution in [1.82, 2.24) is 14.8 Å². The van der Waals surface area contributed by atoms with Gasteiger partial charge in [0.25, 0.3) is 5.69 Å². The number of aromatic nitrogens is 3. The fourth-order valence-corrected chi connectivity index (χ4v) is 4.40. The molecule has 0 aliphatic carbocycles. The van der Waals surface area contributed by atoms with Gasteiger partial charge in [-0.05, 0) is 37.1 Å². The van der Waals surface area contributed by atoms with Crippen LogP contribution in [0.15, 0.2) is 78.0 Å². The Morgan fingerprint density at radius 1 is 1.03 bits per heavy atom. The van der Waals surface area contributed by atoms with E-state index in [1.807, 2.05) is 60.9 Å². The van der Waals surface area contributed by atoms with Crippen molar-refractivity contribution in [2.75, 3.05) is 11.1 Å². The van der Waals surface area contributed by atoms with E-state index in [1.54, 1.807) is 12.1 Å². The lowest BCUT2D eigenvalue weighted by Gasteiger charge is -2.14. The molecule has 1 heterocycles. The Bertz CT molecular complexity index is 1340. The monoisotopic (exact) mass is 473 g/mol. The molecule has 1 amide bonds. The van der Waals surface area contributed by atoms with Crippen LogP contribution in [0.4, 0.5) is 11.4 Å². The summed E-state index contributed by atoms with van der Waals surface area (Å²) in [4.78, 5) is 23.3. The minimum atomic E-state index is -0.518. The molecule has 0 saturated carbocycles. The number of thioether (sulfide) groups is 1. The number of anilines is 1. The molecule has 0 aliphatic heterocycles. The van der Waals surface area contributed by atoms with Gasteiger partial charge in [0.2, 0.25) is 5.91 Å². The third-order valence-electron chi connectivity index (χ3n) is 5.21. The molecule has 1 aromatic heterocycles. The summed E-state index contributed by atoms with van der Waals surface area (Å²) < 4.78 is 1.98. The Labute approximate surface area is 201 Å². The van der Waals surface area contributed by atoms with E-state index in [4.69, 9.17) is 0 Å². The van der Waals surface area contributed by atoms with Crippen LogP contribution in [-0.2, 0) is 11.2 Å². The number of hydrogen-bond acceptors (Lipinski definition) is 6. The first-order chi connectivity index (χ1) is 16.4. The van der Waals surface area contributed by atoms with Crippen molar-refractivity contribution >= 4 is 29.0 Å². The molecule has 4 rings (SSSR count). The number of benzene rings is 3. The van der Waals surface area contributed by atoms with Gasteiger partial charge in [-0.2, -0.15) is 0 Å². The number of rotatable bonds is 8. The molecule has 1 N–H and O–H groups in total. The van der Waals surface area contributed by atoms with Crippen LogP contribution in [0.25, 0.3) is 5.69 Å². The lowest BCUT2D eigenvalue weighted by atomic mass is 10.1. The maximum atomic E-state index is 12.6. The predicted octanol–water partition coefficient (Wildman–Crippen LogP) is 5.11. The van der Waals surface area contributed by atoms with Crippen LogP contribution >= 0.6 is 11.8 Å². The average molecular weight is 474 g/mol. The van der Waals surface area contributed by atoms with Crippen molar-refractivity contribution in [3.05, 3.63) is 105 Å². The van der Waals surface area contributed by atoms with Crippen LogP contribution in [0.5, 0.6) is 0 Å². The van der Waals surface area contributed by atoms with Crippen LogP contribution in [0.2, 0.25) is 0 Å². The van der Waals surface area contributed by atoms with Gasteiger partial charge in [-0.15, -0.1) is 10.2 Å². The van der Waals surface area contributed by atoms with Gasteiger partial charge in [-0.3, -0.25) is 19.5 Å². The molecule has 0 unspecified atom stereocenters. The van der Waals surface area contributed by atoms with Gasteiger partial charge in [0.05, 0.1) is 16.4 Å². The number of nitro groups is 1. The molecule has 0 atom stereocenters. The summed E-state index contributed by atoms with van der Waals surface area (Å²) in [5, 5.41) is 23.2. The smallest absolute Gasteiger partial charge is 0.292 e. The first-order valence-corrected chi connectivity index (χ1v) is 11.6. The number of amides is 1. The highest BCUT2D eigenvalue weighted by atomic mass is 32.2. The Morgan fingerprint density at radius 3 is 2.50 bits per heavy atom. The van der Waals surface area contributed by atoms with Crippen molar-refractivity contribution < 1.29 is 9.72 Å². The number of nitrogens with one attached hydrogen (secondary N) is 1. The third-order valence-corrected chi connectivity index (χ3v) is 6.13. The third kappa shape index (κ3) is 5.32. The van der Waals surface area contributed by atoms with E-state index < -0.39 is 4.92 Å². The Hall–Kier alpha value is -3.98. The molecule has 172 valence electrons. The SMILES string of the molecule is Cc1ccc(-n2c(Cc3ccccc3)nnc2SCC(=O)Nc2ccccc2[N+](=O)[O-])c(C)c1. The zero-order valence-electron chi connectivity index (χ0n) is 18.8. The summed E-state index contributed by atoms with van der Waals surface area (Å²) in [6.45, 7) is 4.07. The molecule has 4 aromatic rings. The number of hydrogen-bond donors (Lipinski definition) is 1. The standard InChI is InChI=1S/C25H23N5O3S/c1-17-12-13-21(18(2)14-17)29-23(15-19-8-4-3-5-9-19)27-28-25(29)34-16-24(31)26-20-10-6-7-11-22(20)30(32)33/h3-14H,15-16H2,1-2H3,(H,26,31). The lowest BCUT2D eigenvalue weighted by molar-refractivity contribution is -0.383. The molecule has 9 heteroatoms. The first kappa shape index (κ1) is 23.2. The van der Waals surface area contributed by atoms with Gasteiger partial charge in [0.1, 0.15) is 11.5 Å². The van der Waals surface area contributed by atoms with Crippen molar-refractivity contribution in [1.29, 1.82) is 0 Å². The van der Waals surface area contributed by atoms with E-state index in [0.29, 0.717) is 11.6 Å². The Kier molecular flexibility index (Phi) is 7.03. The zero-order valence-corrected chi connectivity index (χ0v) is 19.6. The lowest BCUT2D eigenvalue weighted by Crippen LogP contribution is -2.15. The normalized spacial score (nSPS) is 10.8. The molecule has 0 radical (unpaired) electrons. The first-order valence-electron chi connectivity index (χ1n) is 10.6. The summed E-state index contributed by atoms with van der Waals surface area (Å²) in [7, 11) is 0. The van der Waals surface area contributed by atoms with Crippen LogP contribution in [-0.4, -0.2) is 31.3 Å². The van der Waals surface area contributed by atoms with Crippen molar-refractivity contribution in [2.45, 2.75) is 25.4 Å². The van der Waals surface area contributed by atoms with Gasteiger partial charge in [-0.1, -0.05) is 71.9 Å². The van der Waals surface area contributed by atoms with Crippen LogP contribution in [0.3, 0.4) is 0 Å². The highest BCUT2D eigenvalue weighted by Crippen LogP contribution is 2.27. The van der Waals surface area contributed by atoms with E-state index >= 15 is 0 Å².